The van der Waals surface area contributed by atoms with Gasteiger partial charge in [0.1, 0.15) is 5.25 Å². The summed E-state index contributed by atoms with van der Waals surface area (Å²) < 4.78 is 0. The molecule has 0 radical (unpaired) electrons. The highest BCUT2D eigenvalue weighted by molar-refractivity contribution is 8.15. The average Bonchev–Trinajstić information content (AvgIpc) is 2.84. The van der Waals surface area contributed by atoms with Crippen molar-refractivity contribution in [2.45, 2.75) is 11.7 Å². The topological polar surface area (TPSA) is 70.0 Å². The van der Waals surface area contributed by atoms with Crippen LogP contribution in [0.3, 0.4) is 0 Å². The Morgan fingerprint density at radius 2 is 2.04 bits per heavy atom. The first-order valence-corrected chi connectivity index (χ1v) is 8.35. The first kappa shape index (κ1) is 16.3. The average molecular weight is 340 g/mol. The highest BCUT2D eigenvalue weighted by Crippen LogP contribution is 2.33. The number of aliphatic imine (C=N–C) groups is 1. The molecule has 1 saturated heterocycles. The van der Waals surface area contributed by atoms with E-state index < -0.39 is 11.2 Å². The molecule has 1 atom stereocenters. The van der Waals surface area contributed by atoms with E-state index in [1.165, 1.54) is 16.7 Å². The second kappa shape index (κ2) is 6.88. The third kappa shape index (κ3) is 3.19. The fourth-order valence-corrected chi connectivity index (χ4v) is 3.74. The van der Waals surface area contributed by atoms with Crippen LogP contribution in [0, 0.1) is 0 Å². The van der Waals surface area contributed by atoms with Gasteiger partial charge in [-0.05, 0) is 11.5 Å². The Morgan fingerprint density at radius 1 is 1.29 bits per heavy atom. The van der Waals surface area contributed by atoms with Gasteiger partial charge in [0.15, 0.2) is 5.17 Å². The summed E-state index contributed by atoms with van der Waals surface area (Å²) in [6.45, 7) is 3.97. The van der Waals surface area contributed by atoms with Gasteiger partial charge in [-0.15, -0.1) is 6.58 Å². The summed E-state index contributed by atoms with van der Waals surface area (Å²) in [5.41, 5.74) is 0.758. The van der Waals surface area contributed by atoms with Crippen molar-refractivity contribution < 1.29 is 14.7 Å². The van der Waals surface area contributed by atoms with Crippen molar-refractivity contribution in [2.24, 2.45) is 4.99 Å². The number of hydrogen-bond acceptors (Lipinski definition) is 4. The molecule has 122 valence electrons. The number of carboxylic acids is 1. The number of aliphatic carboxylic acids is 1. The summed E-state index contributed by atoms with van der Waals surface area (Å²) in [6.07, 6.45) is 1.39. The maximum Gasteiger partial charge on any atom is 0.305 e. The van der Waals surface area contributed by atoms with Crippen molar-refractivity contribution in [1.29, 1.82) is 0 Å². The third-order valence-corrected chi connectivity index (χ3v) is 4.85. The Balaban J connectivity index is 2.01. The zero-order chi connectivity index (χ0) is 17.1. The first-order chi connectivity index (χ1) is 11.6. The molecular weight excluding hydrogens is 324 g/mol. The van der Waals surface area contributed by atoms with Crippen molar-refractivity contribution in [3.05, 3.63) is 55.1 Å². The minimum atomic E-state index is -0.995. The second-order valence-electron chi connectivity index (χ2n) is 5.33. The van der Waals surface area contributed by atoms with Crippen molar-refractivity contribution in [3.63, 3.8) is 0 Å². The van der Waals surface area contributed by atoms with Crippen LogP contribution in [0.2, 0.25) is 0 Å². The summed E-state index contributed by atoms with van der Waals surface area (Å²) >= 11 is 1.20. The van der Waals surface area contributed by atoms with Gasteiger partial charge in [-0.3, -0.25) is 14.5 Å². The van der Waals surface area contributed by atoms with Gasteiger partial charge in [-0.1, -0.05) is 54.2 Å². The summed E-state index contributed by atoms with van der Waals surface area (Å²) in [5, 5.41) is 10.9. The number of benzene rings is 2. The fraction of sp³-hybridized carbons (Fsp3) is 0.167. The van der Waals surface area contributed by atoms with Crippen LogP contribution in [0.15, 0.2) is 60.1 Å². The van der Waals surface area contributed by atoms with Crippen molar-refractivity contribution >= 4 is 45.3 Å². The summed E-state index contributed by atoms with van der Waals surface area (Å²) in [7, 11) is 0. The Kier molecular flexibility index (Phi) is 4.66. The molecule has 24 heavy (non-hydrogen) atoms. The quantitative estimate of drug-likeness (QED) is 0.847. The van der Waals surface area contributed by atoms with E-state index >= 15 is 0 Å². The Bertz CT molecular complexity index is 842. The minimum absolute atomic E-state index is 0.217. The number of fused-ring (bicyclic) bond motifs is 1. The maximum atomic E-state index is 12.4. The summed E-state index contributed by atoms with van der Waals surface area (Å²) in [4.78, 5) is 29.5. The van der Waals surface area contributed by atoms with Gasteiger partial charge in [0.05, 0.1) is 12.1 Å². The van der Waals surface area contributed by atoms with Crippen LogP contribution in [0.1, 0.15) is 6.42 Å². The van der Waals surface area contributed by atoms with E-state index in [9.17, 15) is 9.59 Å². The second-order valence-corrected chi connectivity index (χ2v) is 6.50. The lowest BCUT2D eigenvalue weighted by molar-refractivity contribution is -0.139. The largest absolute Gasteiger partial charge is 0.481 e. The van der Waals surface area contributed by atoms with E-state index in [0.29, 0.717) is 11.7 Å². The van der Waals surface area contributed by atoms with Crippen molar-refractivity contribution in [3.8, 4) is 0 Å². The van der Waals surface area contributed by atoms with Crippen LogP contribution < -0.4 is 0 Å². The van der Waals surface area contributed by atoms with Crippen LogP contribution in [0.4, 0.5) is 5.69 Å². The number of hydrogen-bond donors (Lipinski definition) is 1. The Morgan fingerprint density at radius 3 is 2.79 bits per heavy atom. The lowest BCUT2D eigenvalue weighted by atomic mass is 10.1. The molecule has 2 aromatic carbocycles. The third-order valence-electron chi connectivity index (χ3n) is 3.67. The zero-order valence-electron chi connectivity index (χ0n) is 12.9. The highest BCUT2D eigenvalue weighted by atomic mass is 32.2. The molecule has 0 aliphatic carbocycles. The lowest BCUT2D eigenvalue weighted by Gasteiger charge is -2.14. The van der Waals surface area contributed by atoms with E-state index in [1.807, 2.05) is 42.5 Å². The van der Waals surface area contributed by atoms with Crippen LogP contribution in [-0.2, 0) is 9.59 Å². The number of thioether (sulfide) groups is 1. The van der Waals surface area contributed by atoms with Crippen LogP contribution in [0.25, 0.3) is 10.8 Å². The Hall–Kier alpha value is -2.60. The summed E-state index contributed by atoms with van der Waals surface area (Å²) in [5.74, 6) is -1.23. The number of carbonyl (C=O) groups is 2. The van der Waals surface area contributed by atoms with E-state index in [1.54, 1.807) is 6.08 Å². The fourth-order valence-electron chi connectivity index (χ4n) is 2.59. The minimum Gasteiger partial charge on any atom is -0.481 e. The standard InChI is InChI=1S/C18H16N2O3S/c1-2-10-20-17(23)15(11-16(21)22)24-18(20)19-14-9-5-7-12-6-3-4-8-13(12)14/h2-9,15H,1,10-11H2,(H,21,22). The molecule has 0 bridgehead atoms. The van der Waals surface area contributed by atoms with Gasteiger partial charge >= 0.3 is 5.97 Å². The van der Waals surface area contributed by atoms with E-state index in [0.717, 1.165) is 16.5 Å². The smallest absolute Gasteiger partial charge is 0.305 e. The van der Waals surface area contributed by atoms with E-state index in [4.69, 9.17) is 5.11 Å². The van der Waals surface area contributed by atoms with Crippen molar-refractivity contribution in [1.82, 2.24) is 4.90 Å². The summed E-state index contributed by atoms with van der Waals surface area (Å²) in [6, 6.07) is 13.7. The first-order valence-electron chi connectivity index (χ1n) is 7.47. The number of carboxylic acid groups (broad SMARTS) is 1. The van der Waals surface area contributed by atoms with Gasteiger partial charge in [0, 0.05) is 11.9 Å². The molecule has 1 aliphatic heterocycles. The predicted octanol–water partition coefficient (Wildman–Crippen LogP) is 3.43. The molecule has 3 rings (SSSR count). The molecule has 0 aromatic heterocycles. The number of carbonyl (C=O) groups excluding carboxylic acids is 1. The number of amides is 1. The van der Waals surface area contributed by atoms with Crippen LogP contribution in [0.5, 0.6) is 0 Å². The molecule has 1 amide bonds. The number of rotatable bonds is 5. The predicted molar refractivity (Wildman–Crippen MR) is 96.6 cm³/mol. The monoisotopic (exact) mass is 340 g/mol. The van der Waals surface area contributed by atoms with Crippen LogP contribution in [-0.4, -0.2) is 38.8 Å². The molecule has 0 spiro atoms. The normalized spacial score (nSPS) is 19.2. The highest BCUT2D eigenvalue weighted by Gasteiger charge is 2.38. The molecule has 5 nitrogen and oxygen atoms in total. The van der Waals surface area contributed by atoms with Gasteiger partial charge < -0.3 is 5.11 Å². The van der Waals surface area contributed by atoms with Gasteiger partial charge in [0.2, 0.25) is 5.91 Å². The van der Waals surface area contributed by atoms with Crippen molar-refractivity contribution in [2.75, 3.05) is 6.54 Å². The maximum absolute atomic E-state index is 12.4. The van der Waals surface area contributed by atoms with Crippen LogP contribution >= 0.6 is 11.8 Å². The number of amidine groups is 1. The Labute approximate surface area is 143 Å². The van der Waals surface area contributed by atoms with E-state index in [2.05, 4.69) is 11.6 Å². The lowest BCUT2D eigenvalue weighted by Crippen LogP contribution is -2.32. The molecule has 1 fully saturated rings. The zero-order valence-corrected chi connectivity index (χ0v) is 13.7. The molecule has 1 N–H and O–H groups in total. The van der Waals surface area contributed by atoms with Gasteiger partial charge in [-0.25, -0.2) is 4.99 Å². The molecule has 0 saturated carbocycles. The SMILES string of the molecule is C=CCN1C(=O)C(CC(=O)O)SC1=Nc1cccc2ccccc12. The number of nitrogens with zero attached hydrogens (tertiary/aromatic N) is 2. The molecule has 1 aliphatic rings. The molecule has 2 aromatic rings. The molecule has 1 unspecified atom stereocenters. The van der Waals surface area contributed by atoms with E-state index in [-0.39, 0.29) is 12.3 Å². The molecular formula is C18H16N2O3S. The molecule has 1 heterocycles. The van der Waals surface area contributed by atoms with Gasteiger partial charge in [-0.2, -0.15) is 0 Å². The molecule has 6 heteroatoms. The van der Waals surface area contributed by atoms with Gasteiger partial charge in [0.25, 0.3) is 0 Å².